The lowest BCUT2D eigenvalue weighted by Crippen LogP contribution is -2.48. The Hall–Kier alpha value is -1.55. The first-order chi connectivity index (χ1) is 9.88. The molecule has 1 rings (SSSR count). The molecule has 0 aromatic heterocycles. The minimum Gasteiger partial charge on any atom is -0.396 e. The molecule has 0 saturated heterocycles. The van der Waals surface area contributed by atoms with Gasteiger partial charge in [0.15, 0.2) is 0 Å². The van der Waals surface area contributed by atoms with Crippen molar-refractivity contribution in [3.05, 3.63) is 30.3 Å². The molecule has 0 saturated carbocycles. The average molecular weight is 292 g/mol. The number of nitrogens with zero attached hydrogens (tertiary/aromatic N) is 1. The number of hydrogen-bond donors (Lipinski definition) is 2. The summed E-state index contributed by atoms with van der Waals surface area (Å²) in [5, 5.41) is 12.2. The van der Waals surface area contributed by atoms with Crippen LogP contribution in [-0.4, -0.2) is 36.8 Å². The maximum absolute atomic E-state index is 12.3. The van der Waals surface area contributed by atoms with Crippen LogP contribution in [0.5, 0.6) is 0 Å². The van der Waals surface area contributed by atoms with Crippen molar-refractivity contribution in [2.24, 2.45) is 5.41 Å². The summed E-state index contributed by atoms with van der Waals surface area (Å²) in [7, 11) is 0. The predicted octanol–water partition coefficient (Wildman–Crippen LogP) is 2.43. The van der Waals surface area contributed by atoms with Gasteiger partial charge in [0.25, 0.3) is 0 Å². The summed E-state index contributed by atoms with van der Waals surface area (Å²) in [6.45, 7) is 9.44. The minimum atomic E-state index is -0.0673. The number of anilines is 1. The maximum atomic E-state index is 12.3. The van der Waals surface area contributed by atoms with E-state index in [0.29, 0.717) is 13.0 Å². The molecule has 1 aromatic carbocycles. The number of nitrogens with one attached hydrogen (secondary N) is 1. The molecule has 118 valence electrons. The van der Waals surface area contributed by atoms with E-state index in [9.17, 15) is 4.79 Å². The first kappa shape index (κ1) is 17.5. The molecule has 1 aromatic rings. The molecule has 0 aliphatic rings. The normalized spacial score (nSPS) is 12.8. The fourth-order valence-corrected chi connectivity index (χ4v) is 2.29. The van der Waals surface area contributed by atoms with Gasteiger partial charge in [-0.1, -0.05) is 39.0 Å². The van der Waals surface area contributed by atoms with E-state index in [2.05, 4.69) is 26.1 Å². The summed E-state index contributed by atoms with van der Waals surface area (Å²) >= 11 is 0. The molecule has 1 atom stereocenters. The molecule has 0 radical (unpaired) electrons. The molecule has 21 heavy (non-hydrogen) atoms. The maximum Gasteiger partial charge on any atom is 0.239 e. The lowest BCUT2D eigenvalue weighted by atomic mass is 9.85. The molecule has 0 aliphatic heterocycles. The number of aliphatic hydroxyl groups is 1. The Labute approximate surface area is 128 Å². The van der Waals surface area contributed by atoms with E-state index in [1.54, 1.807) is 0 Å². The number of carbonyl (C=O) groups excluding carboxylic acids is 1. The van der Waals surface area contributed by atoms with Crippen LogP contribution in [-0.2, 0) is 4.79 Å². The zero-order chi connectivity index (χ0) is 15.9. The van der Waals surface area contributed by atoms with Crippen molar-refractivity contribution >= 4 is 11.6 Å². The van der Waals surface area contributed by atoms with Crippen LogP contribution >= 0.6 is 0 Å². The van der Waals surface area contributed by atoms with Crippen molar-refractivity contribution in [3.8, 4) is 0 Å². The third kappa shape index (κ3) is 5.76. The number of amides is 1. The quantitative estimate of drug-likeness (QED) is 0.811. The van der Waals surface area contributed by atoms with Crippen LogP contribution in [0.25, 0.3) is 0 Å². The summed E-state index contributed by atoms with van der Waals surface area (Å²) in [6, 6.07) is 9.90. The third-order valence-electron chi connectivity index (χ3n) is 3.64. The van der Waals surface area contributed by atoms with Crippen LogP contribution in [0.15, 0.2) is 30.3 Å². The largest absolute Gasteiger partial charge is 0.396 e. The van der Waals surface area contributed by atoms with Gasteiger partial charge >= 0.3 is 0 Å². The highest BCUT2D eigenvalue weighted by Crippen LogP contribution is 2.21. The van der Waals surface area contributed by atoms with Gasteiger partial charge < -0.3 is 15.3 Å². The summed E-state index contributed by atoms with van der Waals surface area (Å²) in [5.74, 6) is -0.00548. The van der Waals surface area contributed by atoms with Crippen LogP contribution < -0.4 is 10.2 Å². The molecule has 1 unspecified atom stereocenters. The summed E-state index contributed by atoms with van der Waals surface area (Å²) < 4.78 is 0. The Balaban J connectivity index is 2.66. The second kappa shape index (κ2) is 8.03. The highest BCUT2D eigenvalue weighted by molar-refractivity contribution is 5.81. The Morgan fingerprint density at radius 3 is 2.38 bits per heavy atom. The monoisotopic (exact) mass is 292 g/mol. The number of likely N-dealkylation sites (N-methyl/N-ethyl adjacent to an activating group) is 1. The van der Waals surface area contributed by atoms with Crippen LogP contribution in [0.4, 0.5) is 5.69 Å². The van der Waals surface area contributed by atoms with Gasteiger partial charge in [0.05, 0.1) is 6.54 Å². The SMILES string of the molecule is CCN(CC(=O)NC(CCO)C(C)(C)C)c1ccccc1. The number of aliphatic hydroxyl groups excluding tert-OH is 1. The molecule has 0 fully saturated rings. The van der Waals surface area contributed by atoms with Gasteiger partial charge in [0.1, 0.15) is 0 Å². The van der Waals surface area contributed by atoms with Crippen molar-refractivity contribution in [2.75, 3.05) is 24.6 Å². The number of para-hydroxylation sites is 1. The zero-order valence-corrected chi connectivity index (χ0v) is 13.6. The zero-order valence-electron chi connectivity index (χ0n) is 13.6. The number of carbonyl (C=O) groups is 1. The Kier molecular flexibility index (Phi) is 6.69. The molecule has 0 spiro atoms. The molecule has 0 bridgehead atoms. The lowest BCUT2D eigenvalue weighted by molar-refractivity contribution is -0.121. The summed E-state index contributed by atoms with van der Waals surface area (Å²) in [5.41, 5.74) is 0.979. The van der Waals surface area contributed by atoms with Crippen LogP contribution in [0.1, 0.15) is 34.1 Å². The van der Waals surface area contributed by atoms with Crippen molar-refractivity contribution < 1.29 is 9.90 Å². The highest BCUT2D eigenvalue weighted by atomic mass is 16.3. The molecular formula is C17H28N2O2. The van der Waals surface area contributed by atoms with E-state index in [0.717, 1.165) is 12.2 Å². The standard InChI is InChI=1S/C17H28N2O2/c1-5-19(14-9-7-6-8-10-14)13-16(21)18-15(11-12-20)17(2,3)4/h6-10,15,20H,5,11-13H2,1-4H3,(H,18,21). The molecule has 0 aliphatic carbocycles. The lowest BCUT2D eigenvalue weighted by Gasteiger charge is -2.32. The summed E-state index contributed by atoms with van der Waals surface area (Å²) in [6.07, 6.45) is 0.576. The van der Waals surface area contributed by atoms with E-state index in [1.165, 1.54) is 0 Å². The molecule has 4 heteroatoms. The number of hydrogen-bond acceptors (Lipinski definition) is 3. The predicted molar refractivity (Wildman–Crippen MR) is 87.4 cm³/mol. The fraction of sp³-hybridized carbons (Fsp3) is 0.588. The van der Waals surface area contributed by atoms with Crippen molar-refractivity contribution in [3.63, 3.8) is 0 Å². The molecule has 0 heterocycles. The summed E-state index contributed by atoms with van der Waals surface area (Å²) in [4.78, 5) is 14.3. The van der Waals surface area contributed by atoms with Gasteiger partial charge in [-0.05, 0) is 30.9 Å². The van der Waals surface area contributed by atoms with Gasteiger partial charge in [-0.15, -0.1) is 0 Å². The van der Waals surface area contributed by atoms with Gasteiger partial charge in [-0.25, -0.2) is 0 Å². The Bertz CT molecular complexity index is 426. The van der Waals surface area contributed by atoms with E-state index in [-0.39, 0.29) is 24.0 Å². The smallest absolute Gasteiger partial charge is 0.239 e. The van der Waals surface area contributed by atoms with Gasteiger partial charge in [-0.2, -0.15) is 0 Å². The number of benzene rings is 1. The molecular weight excluding hydrogens is 264 g/mol. The molecule has 1 amide bonds. The second-order valence-electron chi connectivity index (χ2n) is 6.35. The van der Waals surface area contributed by atoms with E-state index < -0.39 is 0 Å². The Morgan fingerprint density at radius 1 is 1.29 bits per heavy atom. The van der Waals surface area contributed by atoms with Gasteiger partial charge in [0.2, 0.25) is 5.91 Å². The van der Waals surface area contributed by atoms with Gasteiger partial charge in [0, 0.05) is 24.9 Å². The Morgan fingerprint density at radius 2 is 1.90 bits per heavy atom. The van der Waals surface area contributed by atoms with Crippen LogP contribution in [0.3, 0.4) is 0 Å². The average Bonchev–Trinajstić information content (AvgIpc) is 2.44. The van der Waals surface area contributed by atoms with E-state index in [4.69, 9.17) is 5.11 Å². The van der Waals surface area contributed by atoms with Crippen molar-refractivity contribution in [2.45, 2.75) is 40.2 Å². The molecule has 2 N–H and O–H groups in total. The first-order valence-electron chi connectivity index (χ1n) is 7.58. The van der Waals surface area contributed by atoms with E-state index in [1.807, 2.05) is 42.2 Å². The van der Waals surface area contributed by atoms with E-state index >= 15 is 0 Å². The fourth-order valence-electron chi connectivity index (χ4n) is 2.29. The topological polar surface area (TPSA) is 52.6 Å². The number of rotatable bonds is 7. The molecule has 4 nitrogen and oxygen atoms in total. The van der Waals surface area contributed by atoms with Gasteiger partial charge in [-0.3, -0.25) is 4.79 Å². The highest BCUT2D eigenvalue weighted by Gasteiger charge is 2.26. The van der Waals surface area contributed by atoms with Crippen LogP contribution in [0, 0.1) is 5.41 Å². The van der Waals surface area contributed by atoms with Crippen LogP contribution in [0.2, 0.25) is 0 Å². The first-order valence-corrected chi connectivity index (χ1v) is 7.58. The second-order valence-corrected chi connectivity index (χ2v) is 6.35. The van der Waals surface area contributed by atoms with Crippen molar-refractivity contribution in [1.29, 1.82) is 0 Å². The van der Waals surface area contributed by atoms with Crippen molar-refractivity contribution in [1.82, 2.24) is 5.32 Å². The minimum absolute atomic E-state index is 0.00548. The third-order valence-corrected chi connectivity index (χ3v) is 3.64.